The third kappa shape index (κ3) is 4.44. The van der Waals surface area contributed by atoms with Crippen LogP contribution in [0.4, 0.5) is 0 Å². The van der Waals surface area contributed by atoms with E-state index in [9.17, 15) is 9.59 Å². The maximum atomic E-state index is 13.3. The second-order valence-electron chi connectivity index (χ2n) is 10.1. The van der Waals surface area contributed by atoms with Gasteiger partial charge in [0, 0.05) is 49.9 Å². The van der Waals surface area contributed by atoms with E-state index in [1.165, 1.54) is 0 Å². The maximum Gasteiger partial charge on any atom is 0.250 e. The molecule has 2 atom stereocenters. The van der Waals surface area contributed by atoms with Gasteiger partial charge in [0.15, 0.2) is 0 Å². The first-order valence-corrected chi connectivity index (χ1v) is 12.8. The van der Waals surface area contributed by atoms with Crippen LogP contribution < -0.4 is 20.5 Å². The zero-order valence-corrected chi connectivity index (χ0v) is 21.1. The third-order valence-electron chi connectivity index (χ3n) is 7.65. The highest BCUT2D eigenvalue weighted by atomic mass is 16.5. The molecule has 2 bridgehead atoms. The zero-order chi connectivity index (χ0) is 25.5. The first-order valence-electron chi connectivity index (χ1n) is 12.8. The Balaban J connectivity index is 1.15. The lowest BCUT2D eigenvalue weighted by Gasteiger charge is -2.42. The number of hydrogen-bond donors (Lipinski definition) is 0. The normalized spacial score (nSPS) is 19.0. The van der Waals surface area contributed by atoms with Crippen molar-refractivity contribution in [3.63, 3.8) is 0 Å². The fourth-order valence-corrected chi connectivity index (χ4v) is 5.94. The first-order chi connectivity index (χ1) is 18.0. The number of benzene rings is 2. The van der Waals surface area contributed by atoms with Crippen molar-refractivity contribution in [2.24, 2.45) is 5.92 Å². The average Bonchev–Trinajstić information content (AvgIpc) is 2.89. The van der Waals surface area contributed by atoms with Crippen LogP contribution in [-0.2, 0) is 6.54 Å². The molecule has 6 rings (SSSR count). The SMILES string of the molecule is COc1ccc(-c2c(C)oc3cc(OCCN4C[C@H]5C[C@@H](C4)c4cccc(=O)n4C5)ccc3c2=O)cc1. The van der Waals surface area contributed by atoms with Gasteiger partial charge in [0.05, 0.1) is 18.1 Å². The number of aromatic nitrogens is 1. The van der Waals surface area contributed by atoms with Crippen molar-refractivity contribution in [1.82, 2.24) is 9.47 Å². The van der Waals surface area contributed by atoms with Crippen molar-refractivity contribution < 1.29 is 13.9 Å². The summed E-state index contributed by atoms with van der Waals surface area (Å²) >= 11 is 0. The lowest BCUT2D eigenvalue weighted by atomic mass is 9.83. The molecule has 4 aromatic rings. The van der Waals surface area contributed by atoms with E-state index in [1.54, 1.807) is 25.3 Å². The van der Waals surface area contributed by atoms with Crippen LogP contribution in [0.25, 0.3) is 22.1 Å². The second kappa shape index (κ2) is 9.56. The third-order valence-corrected chi connectivity index (χ3v) is 7.65. The van der Waals surface area contributed by atoms with Gasteiger partial charge >= 0.3 is 0 Å². The molecular formula is C30H30N2O5. The Morgan fingerprint density at radius 2 is 1.78 bits per heavy atom. The maximum absolute atomic E-state index is 13.3. The smallest absolute Gasteiger partial charge is 0.250 e. The standard InChI is InChI=1S/C30H30N2O5/c1-19-29(21-6-8-23(35-2)9-7-21)30(34)25-11-10-24(15-27(25)37-19)36-13-12-31-16-20-14-22(18-31)26-4-3-5-28(33)32(26)17-20/h3-11,15,20,22H,12-14,16-18H2,1-2H3/t20-,22+/m1/s1. The number of aryl methyl sites for hydroxylation is 1. The molecule has 0 radical (unpaired) electrons. The number of fused-ring (bicyclic) bond motifs is 5. The molecular weight excluding hydrogens is 468 g/mol. The van der Waals surface area contributed by atoms with Crippen LogP contribution >= 0.6 is 0 Å². The van der Waals surface area contributed by atoms with Gasteiger partial charge in [-0.05, 0) is 55.2 Å². The largest absolute Gasteiger partial charge is 0.497 e. The van der Waals surface area contributed by atoms with Gasteiger partial charge in [0.1, 0.15) is 29.4 Å². The first kappa shape index (κ1) is 23.6. The van der Waals surface area contributed by atoms with Crippen LogP contribution in [0, 0.1) is 12.8 Å². The number of pyridine rings is 1. The molecule has 2 aromatic heterocycles. The molecule has 2 aliphatic heterocycles. The molecule has 0 spiro atoms. The van der Waals surface area contributed by atoms with Crippen LogP contribution in [0.15, 0.2) is 74.7 Å². The van der Waals surface area contributed by atoms with Crippen molar-refractivity contribution in [3.05, 3.63) is 92.7 Å². The summed E-state index contributed by atoms with van der Waals surface area (Å²) in [6.07, 6.45) is 1.14. The monoisotopic (exact) mass is 498 g/mol. The molecule has 2 aromatic carbocycles. The summed E-state index contributed by atoms with van der Waals surface area (Å²) in [6.45, 7) is 5.86. The van der Waals surface area contributed by atoms with Gasteiger partial charge in [-0.1, -0.05) is 18.2 Å². The topological polar surface area (TPSA) is 73.9 Å². The summed E-state index contributed by atoms with van der Waals surface area (Å²) in [7, 11) is 1.62. The van der Waals surface area contributed by atoms with E-state index in [1.807, 2.05) is 47.9 Å². The van der Waals surface area contributed by atoms with E-state index in [-0.39, 0.29) is 11.0 Å². The minimum absolute atomic E-state index is 0.0605. The van der Waals surface area contributed by atoms with E-state index >= 15 is 0 Å². The van der Waals surface area contributed by atoms with Crippen molar-refractivity contribution in [3.8, 4) is 22.6 Å². The molecule has 0 aliphatic carbocycles. The molecule has 190 valence electrons. The summed E-state index contributed by atoms with van der Waals surface area (Å²) in [6, 6.07) is 18.4. The Hall–Kier alpha value is -3.84. The van der Waals surface area contributed by atoms with Crippen LogP contribution in [0.3, 0.4) is 0 Å². The predicted molar refractivity (Wildman–Crippen MR) is 143 cm³/mol. The van der Waals surface area contributed by atoms with E-state index < -0.39 is 0 Å². The highest BCUT2D eigenvalue weighted by molar-refractivity contribution is 5.83. The minimum atomic E-state index is -0.0605. The summed E-state index contributed by atoms with van der Waals surface area (Å²) in [5.74, 6) is 2.87. The molecule has 0 N–H and O–H groups in total. The Kier molecular flexibility index (Phi) is 6.08. The van der Waals surface area contributed by atoms with Crippen LogP contribution in [-0.4, -0.2) is 42.8 Å². The number of piperidine rings is 1. The molecule has 4 heterocycles. The predicted octanol–water partition coefficient (Wildman–Crippen LogP) is 4.44. The van der Waals surface area contributed by atoms with Gasteiger partial charge in [0.25, 0.3) is 5.56 Å². The van der Waals surface area contributed by atoms with Crippen LogP contribution in [0.5, 0.6) is 11.5 Å². The Labute approximate surface area is 214 Å². The number of nitrogens with zero attached hydrogens (tertiary/aromatic N) is 2. The number of likely N-dealkylation sites (tertiary alicyclic amines) is 1. The number of hydrogen-bond acceptors (Lipinski definition) is 6. The van der Waals surface area contributed by atoms with Crippen molar-refractivity contribution >= 4 is 11.0 Å². The van der Waals surface area contributed by atoms with E-state index in [2.05, 4.69) is 11.0 Å². The van der Waals surface area contributed by atoms with Gasteiger partial charge in [-0.2, -0.15) is 0 Å². The fraction of sp³-hybridized carbons (Fsp3) is 0.333. The average molecular weight is 499 g/mol. The quantitative estimate of drug-likeness (QED) is 0.391. The number of ether oxygens (including phenoxy) is 2. The fourth-order valence-electron chi connectivity index (χ4n) is 5.94. The summed E-state index contributed by atoms with van der Waals surface area (Å²) in [5, 5.41) is 0.529. The van der Waals surface area contributed by atoms with E-state index in [0.29, 0.717) is 46.5 Å². The molecule has 7 heteroatoms. The lowest BCUT2D eigenvalue weighted by Crippen LogP contribution is -2.48. The highest BCUT2D eigenvalue weighted by Gasteiger charge is 2.34. The highest BCUT2D eigenvalue weighted by Crippen LogP contribution is 2.35. The van der Waals surface area contributed by atoms with Gasteiger partial charge in [0.2, 0.25) is 5.43 Å². The molecule has 1 fully saturated rings. The Morgan fingerprint density at radius 1 is 0.973 bits per heavy atom. The Bertz CT molecular complexity index is 1570. The minimum Gasteiger partial charge on any atom is -0.497 e. The van der Waals surface area contributed by atoms with Crippen molar-refractivity contribution in [2.75, 3.05) is 33.4 Å². The molecule has 1 saturated heterocycles. The molecule has 7 nitrogen and oxygen atoms in total. The molecule has 0 saturated carbocycles. The summed E-state index contributed by atoms with van der Waals surface area (Å²) in [4.78, 5) is 28.0. The molecule has 37 heavy (non-hydrogen) atoms. The molecule has 0 unspecified atom stereocenters. The van der Waals surface area contributed by atoms with Gasteiger partial charge in [-0.15, -0.1) is 0 Å². The zero-order valence-electron chi connectivity index (χ0n) is 21.1. The van der Waals surface area contributed by atoms with Gasteiger partial charge in [-0.3, -0.25) is 14.5 Å². The van der Waals surface area contributed by atoms with E-state index in [0.717, 1.165) is 49.6 Å². The van der Waals surface area contributed by atoms with Gasteiger partial charge in [-0.25, -0.2) is 0 Å². The summed E-state index contributed by atoms with van der Waals surface area (Å²) in [5.41, 5.74) is 3.08. The Morgan fingerprint density at radius 3 is 2.59 bits per heavy atom. The lowest BCUT2D eigenvalue weighted by molar-refractivity contribution is 0.104. The van der Waals surface area contributed by atoms with E-state index in [4.69, 9.17) is 13.9 Å². The van der Waals surface area contributed by atoms with Crippen LogP contribution in [0.2, 0.25) is 0 Å². The summed E-state index contributed by atoms with van der Waals surface area (Å²) < 4.78 is 19.3. The number of methoxy groups -OCH3 is 1. The van der Waals surface area contributed by atoms with Crippen molar-refractivity contribution in [2.45, 2.75) is 25.8 Å². The number of rotatable bonds is 6. The van der Waals surface area contributed by atoms with Crippen LogP contribution in [0.1, 0.15) is 23.8 Å². The second-order valence-corrected chi connectivity index (χ2v) is 10.1. The molecule has 0 amide bonds. The molecule has 2 aliphatic rings. The van der Waals surface area contributed by atoms with Crippen molar-refractivity contribution in [1.29, 1.82) is 0 Å². The van der Waals surface area contributed by atoms with Gasteiger partial charge < -0.3 is 18.5 Å².